The highest BCUT2D eigenvalue weighted by molar-refractivity contribution is 9.10. The van der Waals surface area contributed by atoms with E-state index in [1.807, 2.05) is 49.6 Å². The summed E-state index contributed by atoms with van der Waals surface area (Å²) in [6.45, 7) is 0. The normalized spacial score (nSPS) is 12.2. The lowest BCUT2D eigenvalue weighted by atomic mass is 10.1. The molecule has 0 aliphatic carbocycles. The van der Waals surface area contributed by atoms with Gasteiger partial charge in [-0.15, -0.1) is 0 Å². The third-order valence-electron chi connectivity index (χ3n) is 4.11. The van der Waals surface area contributed by atoms with Gasteiger partial charge in [-0.1, -0.05) is 28.1 Å². The van der Waals surface area contributed by atoms with Crippen LogP contribution in [0.2, 0.25) is 0 Å². The topological polar surface area (TPSA) is 53.1 Å². The fourth-order valence-electron chi connectivity index (χ4n) is 2.76. The molecule has 2 aromatic carbocycles. The molecule has 24 heavy (non-hydrogen) atoms. The molecular formula is C19H20BrN3O. The van der Waals surface area contributed by atoms with Gasteiger partial charge < -0.3 is 15.0 Å². The van der Waals surface area contributed by atoms with E-state index in [0.717, 1.165) is 33.7 Å². The van der Waals surface area contributed by atoms with Crippen LogP contribution in [-0.4, -0.2) is 16.7 Å². The van der Waals surface area contributed by atoms with Crippen molar-refractivity contribution in [2.24, 2.45) is 12.8 Å². The Labute approximate surface area is 150 Å². The molecule has 3 aromatic rings. The first kappa shape index (κ1) is 16.7. The zero-order valence-electron chi connectivity index (χ0n) is 13.7. The zero-order valence-corrected chi connectivity index (χ0v) is 15.3. The maximum Gasteiger partial charge on any atom is 0.126 e. The number of methoxy groups -OCH3 is 1. The second-order valence-corrected chi connectivity index (χ2v) is 6.64. The summed E-state index contributed by atoms with van der Waals surface area (Å²) < 4.78 is 8.34. The molecule has 0 fully saturated rings. The van der Waals surface area contributed by atoms with Gasteiger partial charge in [0.1, 0.15) is 11.6 Å². The summed E-state index contributed by atoms with van der Waals surface area (Å²) in [5.74, 6) is 1.72. The van der Waals surface area contributed by atoms with Gasteiger partial charge in [0.05, 0.1) is 25.0 Å². The Morgan fingerprint density at radius 1 is 1.12 bits per heavy atom. The van der Waals surface area contributed by atoms with E-state index in [2.05, 4.69) is 37.6 Å². The summed E-state index contributed by atoms with van der Waals surface area (Å²) in [5, 5.41) is 0. The van der Waals surface area contributed by atoms with Crippen molar-refractivity contribution in [3.8, 4) is 17.0 Å². The van der Waals surface area contributed by atoms with Gasteiger partial charge in [-0.2, -0.15) is 0 Å². The van der Waals surface area contributed by atoms with Crippen molar-refractivity contribution < 1.29 is 4.74 Å². The van der Waals surface area contributed by atoms with Gasteiger partial charge in [0, 0.05) is 17.1 Å². The number of rotatable bonds is 5. The molecule has 0 saturated carbocycles. The van der Waals surface area contributed by atoms with Gasteiger partial charge >= 0.3 is 0 Å². The van der Waals surface area contributed by atoms with E-state index in [0.29, 0.717) is 0 Å². The summed E-state index contributed by atoms with van der Waals surface area (Å²) in [6.07, 6.45) is 2.62. The number of imidazole rings is 1. The Morgan fingerprint density at radius 2 is 1.79 bits per heavy atom. The van der Waals surface area contributed by atoms with E-state index < -0.39 is 0 Å². The van der Waals surface area contributed by atoms with Crippen LogP contribution >= 0.6 is 15.9 Å². The van der Waals surface area contributed by atoms with Crippen LogP contribution < -0.4 is 10.5 Å². The molecule has 0 amide bonds. The number of halogens is 1. The predicted octanol–water partition coefficient (Wildman–Crippen LogP) is 4.10. The number of benzene rings is 2. The number of hydrogen-bond acceptors (Lipinski definition) is 3. The monoisotopic (exact) mass is 385 g/mol. The van der Waals surface area contributed by atoms with Crippen molar-refractivity contribution in [2.45, 2.75) is 12.5 Å². The van der Waals surface area contributed by atoms with E-state index >= 15 is 0 Å². The second-order valence-electron chi connectivity index (χ2n) is 5.73. The Kier molecular flexibility index (Phi) is 5.02. The number of nitrogens with two attached hydrogens (primary N) is 1. The van der Waals surface area contributed by atoms with Crippen molar-refractivity contribution >= 4 is 15.9 Å². The van der Waals surface area contributed by atoms with Crippen molar-refractivity contribution in [1.29, 1.82) is 0 Å². The summed E-state index contributed by atoms with van der Waals surface area (Å²) in [7, 11) is 3.67. The molecule has 0 saturated heterocycles. The van der Waals surface area contributed by atoms with E-state index in [-0.39, 0.29) is 6.04 Å². The van der Waals surface area contributed by atoms with Gasteiger partial charge in [0.25, 0.3) is 0 Å². The fraction of sp³-hybridized carbons (Fsp3) is 0.211. The van der Waals surface area contributed by atoms with E-state index in [9.17, 15) is 0 Å². The summed E-state index contributed by atoms with van der Waals surface area (Å²) >= 11 is 3.45. The van der Waals surface area contributed by atoms with Gasteiger partial charge in [-0.3, -0.25) is 0 Å². The fourth-order valence-corrected chi connectivity index (χ4v) is 3.03. The van der Waals surface area contributed by atoms with Gasteiger partial charge in [0.15, 0.2) is 0 Å². The molecule has 1 atom stereocenters. The quantitative estimate of drug-likeness (QED) is 0.718. The first-order valence-electron chi connectivity index (χ1n) is 7.74. The minimum atomic E-state index is -0.150. The summed E-state index contributed by atoms with van der Waals surface area (Å²) in [6, 6.07) is 16.0. The predicted molar refractivity (Wildman–Crippen MR) is 100.0 cm³/mol. The summed E-state index contributed by atoms with van der Waals surface area (Å²) in [4.78, 5) is 4.55. The highest BCUT2D eigenvalue weighted by Gasteiger charge is 2.15. The maximum atomic E-state index is 6.39. The molecule has 0 unspecified atom stereocenters. The van der Waals surface area contributed by atoms with Crippen LogP contribution in [0.3, 0.4) is 0 Å². The molecule has 0 spiro atoms. The average Bonchev–Trinajstić information content (AvgIpc) is 2.98. The second kappa shape index (κ2) is 7.20. The molecular weight excluding hydrogens is 366 g/mol. The Morgan fingerprint density at radius 3 is 2.42 bits per heavy atom. The van der Waals surface area contributed by atoms with Crippen LogP contribution in [0.5, 0.6) is 5.75 Å². The van der Waals surface area contributed by atoms with Crippen LogP contribution in [0, 0.1) is 0 Å². The highest BCUT2D eigenvalue weighted by atomic mass is 79.9. The highest BCUT2D eigenvalue weighted by Crippen LogP contribution is 2.25. The van der Waals surface area contributed by atoms with Crippen molar-refractivity contribution in [3.63, 3.8) is 0 Å². The molecule has 2 N–H and O–H groups in total. The van der Waals surface area contributed by atoms with Gasteiger partial charge in [-0.05, 0) is 48.4 Å². The number of nitrogens with zero attached hydrogens (tertiary/aromatic N) is 2. The third-order valence-corrected chi connectivity index (χ3v) is 4.64. The SMILES string of the molecule is COc1ccc(-c2cnc([C@@H](N)Cc3ccc(Br)cc3)n2C)cc1. The van der Waals surface area contributed by atoms with Crippen molar-refractivity contribution in [2.75, 3.05) is 7.11 Å². The molecule has 5 heteroatoms. The standard InChI is InChI=1S/C19H20BrN3O/c1-23-18(14-5-9-16(24-2)10-6-14)12-22-19(23)17(21)11-13-3-7-15(20)8-4-13/h3-10,12,17H,11,21H2,1-2H3/t17-/m0/s1. The Bertz CT molecular complexity index is 810. The molecule has 1 heterocycles. The van der Waals surface area contributed by atoms with E-state index in [1.54, 1.807) is 7.11 Å². The first-order chi connectivity index (χ1) is 11.6. The Hall–Kier alpha value is -2.11. The van der Waals surface area contributed by atoms with Crippen LogP contribution in [0.1, 0.15) is 17.4 Å². The minimum Gasteiger partial charge on any atom is -0.497 e. The molecule has 1 aromatic heterocycles. The first-order valence-corrected chi connectivity index (χ1v) is 8.54. The lowest BCUT2D eigenvalue weighted by Gasteiger charge is -2.13. The van der Waals surface area contributed by atoms with Crippen molar-refractivity contribution in [3.05, 3.63) is 70.6 Å². The largest absolute Gasteiger partial charge is 0.497 e. The molecule has 124 valence electrons. The van der Waals surface area contributed by atoms with Crippen LogP contribution in [0.25, 0.3) is 11.3 Å². The molecule has 3 rings (SSSR count). The third kappa shape index (κ3) is 3.52. The number of ether oxygens (including phenoxy) is 1. The maximum absolute atomic E-state index is 6.39. The van der Waals surface area contributed by atoms with Crippen LogP contribution in [-0.2, 0) is 13.5 Å². The zero-order chi connectivity index (χ0) is 17.1. The Balaban J connectivity index is 1.81. The molecule has 4 nitrogen and oxygen atoms in total. The lowest BCUT2D eigenvalue weighted by molar-refractivity contribution is 0.415. The van der Waals surface area contributed by atoms with E-state index in [4.69, 9.17) is 10.5 Å². The number of hydrogen-bond donors (Lipinski definition) is 1. The van der Waals surface area contributed by atoms with Crippen LogP contribution in [0.4, 0.5) is 0 Å². The minimum absolute atomic E-state index is 0.150. The lowest BCUT2D eigenvalue weighted by Crippen LogP contribution is -2.18. The summed E-state index contributed by atoms with van der Waals surface area (Å²) in [5.41, 5.74) is 9.71. The van der Waals surface area contributed by atoms with Crippen LogP contribution in [0.15, 0.2) is 59.2 Å². The van der Waals surface area contributed by atoms with E-state index in [1.165, 1.54) is 5.56 Å². The molecule has 0 aliphatic heterocycles. The number of aromatic nitrogens is 2. The van der Waals surface area contributed by atoms with Gasteiger partial charge in [0.2, 0.25) is 0 Å². The molecule has 0 aliphatic rings. The molecule has 0 radical (unpaired) electrons. The smallest absolute Gasteiger partial charge is 0.126 e. The van der Waals surface area contributed by atoms with Gasteiger partial charge in [-0.25, -0.2) is 4.98 Å². The van der Waals surface area contributed by atoms with Crippen molar-refractivity contribution in [1.82, 2.24) is 9.55 Å². The molecule has 0 bridgehead atoms. The average molecular weight is 386 g/mol.